The molecule has 2 aromatic heterocycles. The van der Waals surface area contributed by atoms with E-state index in [0.717, 1.165) is 46.9 Å². The molecule has 0 spiro atoms. The van der Waals surface area contributed by atoms with Gasteiger partial charge in [-0.3, -0.25) is 14.9 Å². The number of hydrogen-bond acceptors (Lipinski definition) is 8. The van der Waals surface area contributed by atoms with E-state index in [1.165, 1.54) is 13.2 Å². The van der Waals surface area contributed by atoms with Crippen LogP contribution < -0.4 is 10.6 Å². The van der Waals surface area contributed by atoms with E-state index in [9.17, 15) is 14.4 Å². The second kappa shape index (κ2) is 15.3. The van der Waals surface area contributed by atoms with Crippen molar-refractivity contribution < 1.29 is 28.2 Å². The molecule has 0 radical (unpaired) electrons. The van der Waals surface area contributed by atoms with Crippen molar-refractivity contribution in [2.24, 2.45) is 11.8 Å². The molecule has 54 heavy (non-hydrogen) atoms. The van der Waals surface area contributed by atoms with E-state index in [1.807, 2.05) is 62.9 Å². The molecule has 4 atom stereocenters. The maximum Gasteiger partial charge on any atom is 0.407 e. The molecule has 0 bridgehead atoms. The fourth-order valence-corrected chi connectivity index (χ4v) is 8.04. The van der Waals surface area contributed by atoms with Crippen molar-refractivity contribution >= 4 is 50.7 Å². The number of ether oxygens (including phenoxy) is 2. The van der Waals surface area contributed by atoms with Crippen LogP contribution in [-0.2, 0) is 19.1 Å². The van der Waals surface area contributed by atoms with Crippen molar-refractivity contribution in [3.05, 3.63) is 59.9 Å². The standard InChI is InChI=1S/C40H49FN8O5/c1-21(2)33(42-20-53-5)38(50)48-15-8-10-32(48)37-43-28-14-12-23-17-24(11-13-25(23)35(28)46-37)26-18-29-30(19-27(26)41)45-36(44-29)31-9-7-16-49(31)39(51)34(22(3)4)47-40(52)54-6/h11-14,17-19,21-22,31-34,42H,7-10,15-16,20H2,1-6H3,(H,43,46)(H,44,45)(H,47,52)/t31-,32-,33-,34-/m0/s1. The van der Waals surface area contributed by atoms with Gasteiger partial charge in [0.25, 0.3) is 0 Å². The van der Waals surface area contributed by atoms with Gasteiger partial charge in [-0.2, -0.15) is 0 Å². The molecule has 3 amide bonds. The Labute approximate surface area is 313 Å². The molecule has 0 aliphatic carbocycles. The van der Waals surface area contributed by atoms with E-state index < -0.39 is 18.0 Å². The second-order valence-electron chi connectivity index (χ2n) is 15.1. The van der Waals surface area contributed by atoms with Crippen molar-refractivity contribution in [1.29, 1.82) is 0 Å². The number of aromatic amines is 2. The lowest BCUT2D eigenvalue weighted by molar-refractivity contribution is -0.136. The van der Waals surface area contributed by atoms with Gasteiger partial charge >= 0.3 is 6.09 Å². The third kappa shape index (κ3) is 7.00. The van der Waals surface area contributed by atoms with Gasteiger partial charge in [-0.15, -0.1) is 0 Å². The van der Waals surface area contributed by atoms with Gasteiger partial charge < -0.3 is 34.6 Å². The van der Waals surface area contributed by atoms with Crippen LogP contribution in [0.2, 0.25) is 0 Å². The zero-order valence-electron chi connectivity index (χ0n) is 31.7. The number of halogens is 1. The summed E-state index contributed by atoms with van der Waals surface area (Å²) in [6, 6.07) is 11.4. The number of benzene rings is 3. The SMILES string of the molecule is COCN[C@H](C(=O)N1CCC[C@H]1c1nc2c(ccc3cc(-c4cc5nc([C@@H]6CCCN6C(=O)[C@@H](NC(=O)OC)C(C)C)[nH]c5cc4F)ccc32)[nH]1)C(C)C. The van der Waals surface area contributed by atoms with Crippen LogP contribution in [0.3, 0.4) is 0 Å². The van der Waals surface area contributed by atoms with E-state index in [4.69, 9.17) is 19.4 Å². The van der Waals surface area contributed by atoms with Crippen LogP contribution in [0.5, 0.6) is 0 Å². The molecule has 5 aromatic rings. The molecule has 3 aromatic carbocycles. The van der Waals surface area contributed by atoms with Gasteiger partial charge in [-0.1, -0.05) is 45.9 Å². The number of rotatable bonds is 11. The molecule has 7 rings (SSSR count). The molecule has 2 aliphatic heterocycles. The van der Waals surface area contributed by atoms with Crippen LogP contribution in [0, 0.1) is 17.7 Å². The molecule has 0 unspecified atom stereocenters. The number of fused-ring (bicyclic) bond motifs is 4. The van der Waals surface area contributed by atoms with E-state index in [2.05, 4.69) is 20.6 Å². The van der Waals surface area contributed by atoms with Gasteiger partial charge in [0.2, 0.25) is 11.8 Å². The number of methoxy groups -OCH3 is 2. The van der Waals surface area contributed by atoms with Gasteiger partial charge in [-0.25, -0.2) is 19.2 Å². The number of aromatic nitrogens is 4. The molecular formula is C40H49FN8O5. The summed E-state index contributed by atoms with van der Waals surface area (Å²) in [5.41, 5.74) is 3.92. The summed E-state index contributed by atoms with van der Waals surface area (Å²) in [5, 5.41) is 7.73. The first kappa shape index (κ1) is 37.2. The van der Waals surface area contributed by atoms with Gasteiger partial charge in [0.15, 0.2) is 0 Å². The maximum atomic E-state index is 15.8. The van der Waals surface area contributed by atoms with E-state index in [1.54, 1.807) is 18.1 Å². The summed E-state index contributed by atoms with van der Waals surface area (Å²) in [7, 11) is 2.87. The highest BCUT2D eigenvalue weighted by molar-refractivity contribution is 6.05. The third-order valence-electron chi connectivity index (χ3n) is 10.9. The smallest absolute Gasteiger partial charge is 0.407 e. The van der Waals surface area contributed by atoms with Gasteiger partial charge in [0.1, 0.15) is 23.5 Å². The predicted octanol–water partition coefficient (Wildman–Crippen LogP) is 6.32. The van der Waals surface area contributed by atoms with E-state index >= 15 is 4.39 Å². The highest BCUT2D eigenvalue weighted by atomic mass is 19.1. The molecule has 4 heterocycles. The number of H-pyrrole nitrogens is 2. The fraction of sp³-hybridized carbons (Fsp3) is 0.475. The Morgan fingerprint density at radius 1 is 0.852 bits per heavy atom. The monoisotopic (exact) mass is 740 g/mol. The molecule has 286 valence electrons. The van der Waals surface area contributed by atoms with Crippen molar-refractivity contribution in [1.82, 2.24) is 40.4 Å². The lowest BCUT2D eigenvalue weighted by Crippen LogP contribution is -2.51. The Morgan fingerprint density at radius 3 is 2.15 bits per heavy atom. The fourth-order valence-electron chi connectivity index (χ4n) is 8.04. The summed E-state index contributed by atoms with van der Waals surface area (Å²) < 4.78 is 25.8. The largest absolute Gasteiger partial charge is 0.453 e. The predicted molar refractivity (Wildman–Crippen MR) is 204 cm³/mol. The van der Waals surface area contributed by atoms with Crippen molar-refractivity contribution in [2.75, 3.05) is 34.0 Å². The number of alkyl carbamates (subject to hydrolysis) is 1. The molecule has 13 nitrogen and oxygen atoms in total. The van der Waals surface area contributed by atoms with Crippen LogP contribution in [0.15, 0.2) is 42.5 Å². The second-order valence-corrected chi connectivity index (χ2v) is 15.1. The minimum absolute atomic E-state index is 0.0456. The minimum Gasteiger partial charge on any atom is -0.453 e. The highest BCUT2D eigenvalue weighted by Crippen LogP contribution is 2.37. The third-order valence-corrected chi connectivity index (χ3v) is 10.9. The van der Waals surface area contributed by atoms with Crippen LogP contribution >= 0.6 is 0 Å². The summed E-state index contributed by atoms with van der Waals surface area (Å²) in [5.74, 6) is 0.724. The quantitative estimate of drug-likeness (QED) is 0.115. The number of carbonyl (C=O) groups is 3. The van der Waals surface area contributed by atoms with Crippen molar-refractivity contribution in [2.45, 2.75) is 77.5 Å². The number of imidazole rings is 2. The average Bonchev–Trinajstić information content (AvgIpc) is 3.98. The lowest BCUT2D eigenvalue weighted by atomic mass is 9.99. The molecule has 2 fully saturated rings. The topological polar surface area (TPSA) is 158 Å². The Balaban J connectivity index is 1.15. The Morgan fingerprint density at radius 2 is 1.50 bits per heavy atom. The summed E-state index contributed by atoms with van der Waals surface area (Å²) in [4.78, 5) is 59.6. The van der Waals surface area contributed by atoms with Gasteiger partial charge in [-0.05, 0) is 66.7 Å². The molecule has 0 saturated carbocycles. The lowest BCUT2D eigenvalue weighted by Gasteiger charge is -2.30. The normalized spacial score (nSPS) is 18.8. The Hall–Kier alpha value is -5.08. The Kier molecular flexibility index (Phi) is 10.6. The molecular weight excluding hydrogens is 691 g/mol. The first-order valence-corrected chi connectivity index (χ1v) is 18.8. The number of likely N-dealkylation sites (tertiary alicyclic amines) is 2. The summed E-state index contributed by atoms with van der Waals surface area (Å²) >= 11 is 0. The Bertz CT molecular complexity index is 2200. The first-order chi connectivity index (χ1) is 26.0. The first-order valence-electron chi connectivity index (χ1n) is 18.8. The molecule has 2 saturated heterocycles. The number of nitrogens with one attached hydrogen (secondary N) is 4. The number of nitrogens with zero attached hydrogens (tertiary/aromatic N) is 4. The van der Waals surface area contributed by atoms with Crippen LogP contribution in [0.25, 0.3) is 44.0 Å². The van der Waals surface area contributed by atoms with Crippen LogP contribution in [0.1, 0.15) is 77.1 Å². The minimum atomic E-state index is -0.749. The van der Waals surface area contributed by atoms with Crippen LogP contribution in [-0.4, -0.2) is 93.8 Å². The zero-order valence-corrected chi connectivity index (χ0v) is 31.7. The molecule has 14 heteroatoms. The maximum absolute atomic E-state index is 15.8. The van der Waals surface area contributed by atoms with Crippen molar-refractivity contribution in [3.63, 3.8) is 0 Å². The van der Waals surface area contributed by atoms with Crippen molar-refractivity contribution in [3.8, 4) is 11.1 Å². The number of hydrogen-bond donors (Lipinski definition) is 4. The van der Waals surface area contributed by atoms with E-state index in [-0.39, 0.29) is 41.8 Å². The summed E-state index contributed by atoms with van der Waals surface area (Å²) in [6.45, 7) is 9.28. The van der Waals surface area contributed by atoms with Crippen LogP contribution in [0.4, 0.5) is 9.18 Å². The van der Waals surface area contributed by atoms with E-state index in [0.29, 0.717) is 54.2 Å². The zero-order chi connectivity index (χ0) is 38.3. The molecule has 4 N–H and O–H groups in total. The highest BCUT2D eigenvalue weighted by Gasteiger charge is 2.38. The number of amides is 3. The average molecular weight is 741 g/mol. The number of carbonyl (C=O) groups excluding carboxylic acids is 3. The van der Waals surface area contributed by atoms with Gasteiger partial charge in [0.05, 0.1) is 54.0 Å². The van der Waals surface area contributed by atoms with Gasteiger partial charge in [0, 0.05) is 37.2 Å². The molecule has 2 aliphatic rings. The summed E-state index contributed by atoms with van der Waals surface area (Å²) in [6.07, 6.45) is 2.52.